The number of amides is 1. The van der Waals surface area contributed by atoms with Crippen LogP contribution in [0.4, 0.5) is 0 Å². The number of carbonyl (C=O) groups excluding carboxylic acids is 1. The van der Waals surface area contributed by atoms with E-state index in [1.54, 1.807) is 43.3 Å². The highest BCUT2D eigenvalue weighted by Crippen LogP contribution is 2.40. The lowest BCUT2D eigenvalue weighted by Gasteiger charge is -2.30. The van der Waals surface area contributed by atoms with Gasteiger partial charge in [-0.2, -0.15) is 5.26 Å². The molecule has 1 unspecified atom stereocenters. The minimum Gasteiger partial charge on any atom is -0.506 e. The summed E-state index contributed by atoms with van der Waals surface area (Å²) >= 11 is 0. The average Bonchev–Trinajstić information content (AvgIpc) is 2.76. The van der Waals surface area contributed by atoms with Gasteiger partial charge in [0.05, 0.1) is 23.7 Å². The van der Waals surface area contributed by atoms with Crippen molar-refractivity contribution in [2.75, 3.05) is 6.54 Å². The first-order valence-corrected chi connectivity index (χ1v) is 9.37. The maximum absolute atomic E-state index is 13.2. The standard InChI is InChI=1S/C22H17N3O6/c1-11-2-7-14-18-20(11)31-15(13-5-3-12(8-23)4-6-13)10-25(18)22(30)17(19(14)28)21(29)24-9-16(26)27/h2-7,15,28H,9-10H2,1H3,(H,24,29)(H,26,27). The van der Waals surface area contributed by atoms with Gasteiger partial charge in [0.1, 0.15) is 29.7 Å². The number of carboxylic acids is 1. The van der Waals surface area contributed by atoms with Crippen LogP contribution in [0.2, 0.25) is 0 Å². The Kier molecular flexibility index (Phi) is 4.83. The minimum absolute atomic E-state index is 0.0666. The van der Waals surface area contributed by atoms with Crippen LogP contribution in [0.1, 0.15) is 33.2 Å². The molecule has 2 aromatic carbocycles. The molecule has 3 N–H and O–H groups in total. The summed E-state index contributed by atoms with van der Waals surface area (Å²) < 4.78 is 7.51. The zero-order valence-corrected chi connectivity index (χ0v) is 16.4. The number of aliphatic carboxylic acids is 1. The lowest BCUT2D eigenvalue weighted by Crippen LogP contribution is -2.38. The number of aryl methyl sites for hydroxylation is 1. The molecule has 0 fully saturated rings. The predicted molar refractivity (Wildman–Crippen MR) is 109 cm³/mol. The summed E-state index contributed by atoms with van der Waals surface area (Å²) in [6, 6.07) is 12.1. The predicted octanol–water partition coefficient (Wildman–Crippen LogP) is 1.84. The Morgan fingerprint density at radius 2 is 1.97 bits per heavy atom. The molecule has 1 atom stereocenters. The summed E-state index contributed by atoms with van der Waals surface area (Å²) in [7, 11) is 0. The molecule has 0 spiro atoms. The molecule has 4 rings (SSSR count). The fourth-order valence-electron chi connectivity index (χ4n) is 3.67. The van der Waals surface area contributed by atoms with Crippen LogP contribution in [0.15, 0.2) is 41.2 Å². The van der Waals surface area contributed by atoms with E-state index in [1.165, 1.54) is 4.57 Å². The molecule has 156 valence electrons. The van der Waals surface area contributed by atoms with Crippen molar-refractivity contribution in [3.8, 4) is 17.6 Å². The number of carboxylic acid groups (broad SMARTS) is 1. The Morgan fingerprint density at radius 1 is 1.26 bits per heavy atom. The first kappa shape index (κ1) is 20.0. The van der Waals surface area contributed by atoms with Crippen LogP contribution in [0.3, 0.4) is 0 Å². The number of benzene rings is 2. The molecule has 1 aromatic heterocycles. The minimum atomic E-state index is -1.28. The Balaban J connectivity index is 1.88. The first-order chi connectivity index (χ1) is 14.8. The van der Waals surface area contributed by atoms with Gasteiger partial charge >= 0.3 is 5.97 Å². The Hall–Kier alpha value is -4.32. The smallest absolute Gasteiger partial charge is 0.322 e. The van der Waals surface area contributed by atoms with Crippen molar-refractivity contribution in [3.63, 3.8) is 0 Å². The van der Waals surface area contributed by atoms with Crippen LogP contribution < -0.4 is 15.6 Å². The molecule has 31 heavy (non-hydrogen) atoms. The number of ether oxygens (including phenoxy) is 1. The quantitative estimate of drug-likeness (QED) is 0.586. The van der Waals surface area contributed by atoms with Crippen LogP contribution >= 0.6 is 0 Å². The molecule has 1 aliphatic heterocycles. The zero-order valence-electron chi connectivity index (χ0n) is 16.4. The van der Waals surface area contributed by atoms with Crippen molar-refractivity contribution >= 4 is 22.8 Å². The van der Waals surface area contributed by atoms with Gasteiger partial charge in [0.15, 0.2) is 0 Å². The summed E-state index contributed by atoms with van der Waals surface area (Å²) in [6.45, 7) is 1.18. The Labute approximate surface area is 175 Å². The summed E-state index contributed by atoms with van der Waals surface area (Å²) in [5.41, 5.74) is 1.05. The van der Waals surface area contributed by atoms with Crippen molar-refractivity contribution in [1.29, 1.82) is 5.26 Å². The summed E-state index contributed by atoms with van der Waals surface area (Å²) in [5.74, 6) is -2.37. The monoisotopic (exact) mass is 419 g/mol. The lowest BCUT2D eigenvalue weighted by molar-refractivity contribution is -0.135. The maximum Gasteiger partial charge on any atom is 0.322 e. The molecule has 1 aliphatic rings. The van der Waals surface area contributed by atoms with Crippen molar-refractivity contribution < 1.29 is 24.5 Å². The molecule has 0 aliphatic carbocycles. The van der Waals surface area contributed by atoms with E-state index in [4.69, 9.17) is 15.1 Å². The van der Waals surface area contributed by atoms with Gasteiger partial charge in [-0.3, -0.25) is 19.0 Å². The third-order valence-corrected chi connectivity index (χ3v) is 5.20. The fraction of sp³-hybridized carbons (Fsp3) is 0.182. The molecule has 0 saturated carbocycles. The van der Waals surface area contributed by atoms with E-state index >= 15 is 0 Å². The number of pyridine rings is 1. The number of rotatable bonds is 4. The van der Waals surface area contributed by atoms with Crippen molar-refractivity contribution in [2.24, 2.45) is 0 Å². The number of carbonyl (C=O) groups is 2. The maximum atomic E-state index is 13.2. The fourth-order valence-corrected chi connectivity index (χ4v) is 3.67. The number of nitriles is 1. The number of nitrogens with one attached hydrogen (secondary N) is 1. The average molecular weight is 419 g/mol. The highest BCUT2D eigenvalue weighted by molar-refractivity contribution is 6.04. The van der Waals surface area contributed by atoms with E-state index in [9.17, 15) is 19.5 Å². The van der Waals surface area contributed by atoms with E-state index in [0.717, 1.165) is 11.1 Å². The van der Waals surface area contributed by atoms with Crippen LogP contribution in [-0.4, -0.2) is 33.2 Å². The normalized spacial score (nSPS) is 14.5. The summed E-state index contributed by atoms with van der Waals surface area (Å²) in [5, 5.41) is 30.8. The highest BCUT2D eigenvalue weighted by atomic mass is 16.5. The number of nitrogens with zero attached hydrogens (tertiary/aromatic N) is 2. The van der Waals surface area contributed by atoms with Gasteiger partial charge in [-0.1, -0.05) is 18.2 Å². The van der Waals surface area contributed by atoms with E-state index in [0.29, 0.717) is 16.8 Å². The van der Waals surface area contributed by atoms with Crippen molar-refractivity contribution in [2.45, 2.75) is 19.6 Å². The molecule has 3 aromatic rings. The van der Waals surface area contributed by atoms with Gasteiger partial charge in [0.25, 0.3) is 11.5 Å². The molecule has 9 nitrogen and oxygen atoms in total. The Bertz CT molecular complexity index is 1330. The van der Waals surface area contributed by atoms with Crippen LogP contribution in [0.25, 0.3) is 10.9 Å². The third-order valence-electron chi connectivity index (χ3n) is 5.20. The topological polar surface area (TPSA) is 142 Å². The molecule has 0 radical (unpaired) electrons. The molecule has 9 heteroatoms. The van der Waals surface area contributed by atoms with E-state index in [2.05, 4.69) is 5.32 Å². The number of hydrogen-bond donors (Lipinski definition) is 3. The van der Waals surface area contributed by atoms with E-state index in [1.807, 2.05) is 6.07 Å². The van der Waals surface area contributed by atoms with Gasteiger partial charge < -0.3 is 20.3 Å². The number of hydrogen-bond acceptors (Lipinski definition) is 6. The first-order valence-electron chi connectivity index (χ1n) is 9.37. The van der Waals surface area contributed by atoms with Crippen LogP contribution in [0.5, 0.6) is 11.5 Å². The second-order valence-electron chi connectivity index (χ2n) is 7.16. The third kappa shape index (κ3) is 3.34. The van der Waals surface area contributed by atoms with Gasteiger partial charge in [-0.25, -0.2) is 0 Å². The molecule has 1 amide bonds. The summed E-state index contributed by atoms with van der Waals surface area (Å²) in [4.78, 5) is 36.5. The second-order valence-corrected chi connectivity index (χ2v) is 7.16. The van der Waals surface area contributed by atoms with Gasteiger partial charge in [0.2, 0.25) is 0 Å². The summed E-state index contributed by atoms with van der Waals surface area (Å²) in [6.07, 6.45) is -0.568. The Morgan fingerprint density at radius 3 is 2.61 bits per heavy atom. The molecular weight excluding hydrogens is 402 g/mol. The molecule has 0 bridgehead atoms. The van der Waals surface area contributed by atoms with Crippen molar-refractivity contribution in [3.05, 3.63) is 69.0 Å². The van der Waals surface area contributed by atoms with Gasteiger partial charge in [-0.05, 0) is 36.2 Å². The molecule has 0 saturated heterocycles. The largest absolute Gasteiger partial charge is 0.506 e. The van der Waals surface area contributed by atoms with E-state index in [-0.39, 0.29) is 11.9 Å². The zero-order chi connectivity index (χ0) is 22.3. The van der Waals surface area contributed by atoms with Crippen LogP contribution in [-0.2, 0) is 11.3 Å². The SMILES string of the molecule is Cc1ccc2c(O)c(C(=O)NCC(=O)O)c(=O)n3c2c1OC(c1ccc(C#N)cc1)C3. The number of aromatic nitrogens is 1. The molecular formula is C22H17N3O6. The number of aromatic hydroxyl groups is 1. The van der Waals surface area contributed by atoms with E-state index < -0.39 is 41.4 Å². The highest BCUT2D eigenvalue weighted by Gasteiger charge is 2.31. The second kappa shape index (κ2) is 7.50. The van der Waals surface area contributed by atoms with Gasteiger partial charge in [0, 0.05) is 5.39 Å². The van der Waals surface area contributed by atoms with Crippen molar-refractivity contribution in [1.82, 2.24) is 9.88 Å². The molecule has 2 heterocycles. The van der Waals surface area contributed by atoms with Gasteiger partial charge in [-0.15, -0.1) is 0 Å². The lowest BCUT2D eigenvalue weighted by atomic mass is 10.0. The van der Waals surface area contributed by atoms with Crippen LogP contribution in [0, 0.1) is 18.3 Å².